The smallest absolute Gasteiger partial charge is 0.272 e. The molecule has 2 heterocycles. The summed E-state index contributed by atoms with van der Waals surface area (Å²) < 4.78 is 0. The van der Waals surface area contributed by atoms with Gasteiger partial charge in [0.05, 0.1) is 6.20 Å². The third kappa shape index (κ3) is 2.33. The summed E-state index contributed by atoms with van der Waals surface area (Å²) in [5.74, 6) is -0.314. The number of halogens is 1. The minimum Gasteiger partial charge on any atom is -0.353 e. The lowest BCUT2D eigenvalue weighted by atomic mass is 9.99. The number of amides is 2. The summed E-state index contributed by atoms with van der Waals surface area (Å²) in [6, 6.07) is -0.451. The minimum absolute atomic E-state index is 0.0487. The van der Waals surface area contributed by atoms with Crippen LogP contribution in [-0.2, 0) is 4.79 Å². The monoisotopic (exact) mass is 270 g/mol. The van der Waals surface area contributed by atoms with Crippen LogP contribution >= 0.6 is 11.6 Å². The van der Waals surface area contributed by atoms with Crippen LogP contribution in [0, 0.1) is 5.92 Å². The Morgan fingerprint density at radius 1 is 1.61 bits per heavy atom. The molecule has 6 nitrogen and oxygen atoms in total. The first-order valence-corrected chi connectivity index (χ1v) is 6.17. The van der Waals surface area contributed by atoms with Crippen LogP contribution in [0.4, 0.5) is 0 Å². The molecule has 1 atom stereocenters. The maximum absolute atomic E-state index is 12.3. The first-order chi connectivity index (χ1) is 8.50. The van der Waals surface area contributed by atoms with Crippen molar-refractivity contribution in [3.63, 3.8) is 0 Å². The van der Waals surface area contributed by atoms with Gasteiger partial charge in [-0.2, -0.15) is 0 Å². The number of aromatic amines is 1. The number of hydrogen-bond donors (Lipinski definition) is 2. The summed E-state index contributed by atoms with van der Waals surface area (Å²) in [7, 11) is 0. The van der Waals surface area contributed by atoms with E-state index in [1.54, 1.807) is 4.90 Å². The van der Waals surface area contributed by atoms with Gasteiger partial charge in [-0.05, 0) is 17.5 Å². The topological polar surface area (TPSA) is 78.1 Å². The van der Waals surface area contributed by atoms with Crippen LogP contribution in [0.3, 0.4) is 0 Å². The summed E-state index contributed by atoms with van der Waals surface area (Å²) in [4.78, 5) is 32.1. The van der Waals surface area contributed by atoms with Crippen molar-refractivity contribution in [2.45, 2.75) is 19.9 Å². The molecule has 0 bridgehead atoms. The van der Waals surface area contributed by atoms with Crippen molar-refractivity contribution in [2.75, 3.05) is 13.1 Å². The number of hydrogen-bond acceptors (Lipinski definition) is 3. The van der Waals surface area contributed by atoms with E-state index in [1.165, 1.54) is 6.20 Å². The highest BCUT2D eigenvalue weighted by atomic mass is 35.5. The van der Waals surface area contributed by atoms with Crippen LogP contribution in [0.1, 0.15) is 24.3 Å². The van der Waals surface area contributed by atoms with E-state index in [-0.39, 0.29) is 23.0 Å². The molecule has 98 valence electrons. The number of rotatable bonds is 2. The lowest BCUT2D eigenvalue weighted by molar-refractivity contribution is -0.129. The van der Waals surface area contributed by atoms with Gasteiger partial charge in [0.25, 0.3) is 5.91 Å². The molecule has 1 aromatic rings. The van der Waals surface area contributed by atoms with Crippen LogP contribution in [0.5, 0.6) is 0 Å². The lowest BCUT2D eigenvalue weighted by Crippen LogP contribution is -2.59. The van der Waals surface area contributed by atoms with Crippen molar-refractivity contribution in [3.05, 3.63) is 17.2 Å². The fourth-order valence-corrected chi connectivity index (χ4v) is 2.29. The van der Waals surface area contributed by atoms with Crippen LogP contribution < -0.4 is 5.32 Å². The van der Waals surface area contributed by atoms with Gasteiger partial charge in [-0.15, -0.1) is 0 Å². The van der Waals surface area contributed by atoms with Crippen LogP contribution in [-0.4, -0.2) is 45.8 Å². The van der Waals surface area contributed by atoms with E-state index in [9.17, 15) is 9.59 Å². The number of carbonyl (C=O) groups excluding carboxylic acids is 2. The zero-order valence-electron chi connectivity index (χ0n) is 10.2. The minimum atomic E-state index is -0.451. The average molecular weight is 271 g/mol. The molecule has 1 saturated heterocycles. The number of piperazine rings is 1. The second-order valence-electron chi connectivity index (χ2n) is 4.57. The molecule has 1 unspecified atom stereocenters. The molecule has 1 fully saturated rings. The van der Waals surface area contributed by atoms with Gasteiger partial charge in [-0.3, -0.25) is 9.59 Å². The second-order valence-corrected chi connectivity index (χ2v) is 4.92. The largest absolute Gasteiger partial charge is 0.353 e. The van der Waals surface area contributed by atoms with Crippen LogP contribution in [0.15, 0.2) is 6.20 Å². The molecule has 2 rings (SSSR count). The van der Waals surface area contributed by atoms with Crippen molar-refractivity contribution in [3.8, 4) is 0 Å². The van der Waals surface area contributed by atoms with Crippen molar-refractivity contribution in [1.29, 1.82) is 0 Å². The number of nitrogens with zero attached hydrogens (tertiary/aromatic N) is 2. The van der Waals surface area contributed by atoms with Gasteiger partial charge in [-0.1, -0.05) is 13.8 Å². The Morgan fingerprint density at radius 3 is 2.89 bits per heavy atom. The molecule has 2 amide bonds. The standard InChI is InChI=1S/C11H15ClN4O2/c1-6(2)8-9(17)13-3-4-16(8)10(18)7-5-14-11(12)15-7/h5-6,8H,3-4H2,1-2H3,(H,13,17)(H,14,15). The number of nitrogens with one attached hydrogen (secondary N) is 2. The SMILES string of the molecule is CC(C)C1C(=O)NCCN1C(=O)c1cnc(Cl)[nH]1. The summed E-state index contributed by atoms with van der Waals surface area (Å²) >= 11 is 5.65. The summed E-state index contributed by atoms with van der Waals surface area (Å²) in [6.45, 7) is 4.78. The van der Waals surface area contributed by atoms with E-state index in [0.717, 1.165) is 0 Å². The molecular formula is C11H15ClN4O2. The molecule has 0 aromatic carbocycles. The Kier molecular flexibility index (Phi) is 3.56. The van der Waals surface area contributed by atoms with E-state index in [1.807, 2.05) is 13.8 Å². The Labute approximate surface area is 110 Å². The molecule has 0 aliphatic carbocycles. The van der Waals surface area contributed by atoms with E-state index in [2.05, 4.69) is 15.3 Å². The maximum atomic E-state index is 12.3. The molecule has 1 aliphatic heterocycles. The Hall–Kier alpha value is -1.56. The number of carbonyl (C=O) groups is 2. The normalized spacial score (nSPS) is 20.1. The van der Waals surface area contributed by atoms with Gasteiger partial charge in [0.15, 0.2) is 0 Å². The van der Waals surface area contributed by atoms with Crippen LogP contribution in [0.25, 0.3) is 0 Å². The Bertz CT molecular complexity index is 471. The van der Waals surface area contributed by atoms with Gasteiger partial charge in [0.2, 0.25) is 11.2 Å². The van der Waals surface area contributed by atoms with E-state index in [0.29, 0.717) is 18.8 Å². The van der Waals surface area contributed by atoms with Crippen molar-refractivity contribution >= 4 is 23.4 Å². The van der Waals surface area contributed by atoms with Gasteiger partial charge >= 0.3 is 0 Å². The maximum Gasteiger partial charge on any atom is 0.272 e. The summed E-state index contributed by atoms with van der Waals surface area (Å²) in [5.41, 5.74) is 0.306. The molecule has 2 N–H and O–H groups in total. The molecule has 7 heteroatoms. The lowest BCUT2D eigenvalue weighted by Gasteiger charge is -2.36. The van der Waals surface area contributed by atoms with Crippen molar-refractivity contribution in [2.24, 2.45) is 5.92 Å². The molecule has 1 aliphatic rings. The molecule has 1 aromatic heterocycles. The highest BCUT2D eigenvalue weighted by Crippen LogP contribution is 2.17. The zero-order valence-corrected chi connectivity index (χ0v) is 11.0. The quantitative estimate of drug-likeness (QED) is 0.829. The van der Waals surface area contributed by atoms with Crippen molar-refractivity contribution < 1.29 is 9.59 Å². The van der Waals surface area contributed by atoms with Crippen molar-refractivity contribution in [1.82, 2.24) is 20.2 Å². The predicted octanol–water partition coefficient (Wildman–Crippen LogP) is 0.660. The first-order valence-electron chi connectivity index (χ1n) is 5.80. The third-order valence-electron chi connectivity index (χ3n) is 2.92. The number of aromatic nitrogens is 2. The highest BCUT2D eigenvalue weighted by Gasteiger charge is 2.36. The van der Waals surface area contributed by atoms with E-state index in [4.69, 9.17) is 11.6 Å². The Balaban J connectivity index is 2.24. The van der Waals surface area contributed by atoms with Gasteiger partial charge < -0.3 is 15.2 Å². The Morgan fingerprint density at radius 2 is 2.33 bits per heavy atom. The number of imidazole rings is 1. The molecule has 0 spiro atoms. The predicted molar refractivity (Wildman–Crippen MR) is 66.3 cm³/mol. The summed E-state index contributed by atoms with van der Waals surface area (Å²) in [5, 5.41) is 2.94. The van der Waals surface area contributed by atoms with Gasteiger partial charge in [0.1, 0.15) is 11.7 Å². The zero-order chi connectivity index (χ0) is 13.3. The summed E-state index contributed by atoms with van der Waals surface area (Å²) in [6.07, 6.45) is 1.38. The van der Waals surface area contributed by atoms with Crippen LogP contribution in [0.2, 0.25) is 5.28 Å². The fraction of sp³-hybridized carbons (Fsp3) is 0.545. The first kappa shape index (κ1) is 12.9. The highest BCUT2D eigenvalue weighted by molar-refractivity contribution is 6.28. The second kappa shape index (κ2) is 4.97. The molecule has 18 heavy (non-hydrogen) atoms. The number of H-pyrrole nitrogens is 1. The molecule has 0 saturated carbocycles. The average Bonchev–Trinajstić information content (AvgIpc) is 2.74. The third-order valence-corrected chi connectivity index (χ3v) is 3.12. The van der Waals surface area contributed by atoms with E-state index >= 15 is 0 Å². The van der Waals surface area contributed by atoms with Gasteiger partial charge in [0, 0.05) is 13.1 Å². The van der Waals surface area contributed by atoms with E-state index < -0.39 is 6.04 Å². The van der Waals surface area contributed by atoms with Gasteiger partial charge in [-0.25, -0.2) is 4.98 Å². The fourth-order valence-electron chi connectivity index (χ4n) is 2.14. The molecular weight excluding hydrogens is 256 g/mol. The molecule has 0 radical (unpaired) electrons.